The normalized spacial score (nSPS) is 12.5. The van der Waals surface area contributed by atoms with Gasteiger partial charge in [-0.2, -0.15) is 0 Å². The lowest BCUT2D eigenvalue weighted by molar-refractivity contribution is 0.566. The molecule has 18 heavy (non-hydrogen) atoms. The Morgan fingerprint density at radius 3 is 2.44 bits per heavy atom. The molecule has 0 bridgehead atoms. The minimum absolute atomic E-state index is 0.290. The van der Waals surface area contributed by atoms with Crippen molar-refractivity contribution in [3.63, 3.8) is 0 Å². The summed E-state index contributed by atoms with van der Waals surface area (Å²) in [6.07, 6.45) is 0. The number of hydrogen-bond donors (Lipinski definition) is 1. The smallest absolute Gasteiger partial charge is 0.131 e. The lowest BCUT2D eigenvalue weighted by Crippen LogP contribution is -2.14. The number of benzene rings is 2. The molecule has 1 unspecified atom stereocenters. The van der Waals surface area contributed by atoms with Crippen LogP contribution in [0.1, 0.15) is 22.7 Å². The van der Waals surface area contributed by atoms with Crippen LogP contribution in [-0.4, -0.2) is 0 Å². The van der Waals surface area contributed by atoms with E-state index in [4.69, 9.17) is 5.73 Å². The first-order valence-electron chi connectivity index (χ1n) is 5.45. The molecule has 4 heteroatoms. The maximum absolute atomic E-state index is 13.6. The summed E-state index contributed by atoms with van der Waals surface area (Å²) in [5.41, 5.74) is 8.11. The maximum atomic E-state index is 13.6. The van der Waals surface area contributed by atoms with Crippen LogP contribution in [0, 0.1) is 18.6 Å². The summed E-state index contributed by atoms with van der Waals surface area (Å²) in [5, 5.41) is 0. The molecule has 0 heterocycles. The first-order chi connectivity index (χ1) is 8.49. The van der Waals surface area contributed by atoms with E-state index < -0.39 is 17.7 Å². The van der Waals surface area contributed by atoms with Crippen LogP contribution < -0.4 is 5.73 Å². The van der Waals surface area contributed by atoms with Gasteiger partial charge in [-0.25, -0.2) is 8.78 Å². The van der Waals surface area contributed by atoms with Crippen molar-refractivity contribution in [2.24, 2.45) is 5.73 Å². The summed E-state index contributed by atoms with van der Waals surface area (Å²) in [7, 11) is 0. The predicted octanol–water partition coefficient (Wildman–Crippen LogP) is 4.08. The Hall–Kier alpha value is -1.26. The van der Waals surface area contributed by atoms with Crippen molar-refractivity contribution in [1.82, 2.24) is 0 Å². The molecule has 0 aromatic heterocycles. The van der Waals surface area contributed by atoms with Crippen molar-refractivity contribution in [1.29, 1.82) is 0 Å². The van der Waals surface area contributed by atoms with E-state index in [0.717, 1.165) is 21.7 Å². The van der Waals surface area contributed by atoms with Gasteiger partial charge in [0.1, 0.15) is 11.6 Å². The Morgan fingerprint density at radius 1 is 1.11 bits per heavy atom. The van der Waals surface area contributed by atoms with Gasteiger partial charge in [-0.1, -0.05) is 34.1 Å². The van der Waals surface area contributed by atoms with Gasteiger partial charge in [-0.3, -0.25) is 0 Å². The van der Waals surface area contributed by atoms with Crippen molar-refractivity contribution in [2.75, 3.05) is 0 Å². The minimum atomic E-state index is -0.622. The summed E-state index contributed by atoms with van der Waals surface area (Å²) in [6, 6.07) is 8.42. The van der Waals surface area contributed by atoms with Crippen molar-refractivity contribution in [3.05, 3.63) is 69.2 Å². The number of halogens is 3. The highest BCUT2D eigenvalue weighted by atomic mass is 79.9. The molecule has 2 aromatic carbocycles. The third kappa shape index (κ3) is 2.60. The van der Waals surface area contributed by atoms with Crippen LogP contribution in [-0.2, 0) is 0 Å². The zero-order valence-corrected chi connectivity index (χ0v) is 11.3. The Balaban J connectivity index is 2.41. The molecule has 2 rings (SSSR count). The average molecular weight is 312 g/mol. The first kappa shape index (κ1) is 13.2. The second kappa shape index (κ2) is 5.16. The van der Waals surface area contributed by atoms with Crippen LogP contribution in [0.15, 0.2) is 40.9 Å². The predicted molar refractivity (Wildman–Crippen MR) is 71.3 cm³/mol. The Morgan fingerprint density at radius 2 is 1.83 bits per heavy atom. The van der Waals surface area contributed by atoms with Gasteiger partial charge < -0.3 is 5.73 Å². The topological polar surface area (TPSA) is 26.0 Å². The quantitative estimate of drug-likeness (QED) is 0.888. The molecular weight excluding hydrogens is 300 g/mol. The Labute approximate surface area is 113 Å². The number of nitrogens with two attached hydrogens (primary N) is 1. The van der Waals surface area contributed by atoms with E-state index in [2.05, 4.69) is 15.9 Å². The molecule has 0 aliphatic rings. The van der Waals surface area contributed by atoms with E-state index in [-0.39, 0.29) is 5.56 Å². The lowest BCUT2D eigenvalue weighted by Gasteiger charge is -2.14. The zero-order valence-electron chi connectivity index (χ0n) is 9.75. The Kier molecular flexibility index (Phi) is 3.78. The molecule has 0 spiro atoms. The van der Waals surface area contributed by atoms with Crippen molar-refractivity contribution in [2.45, 2.75) is 13.0 Å². The second-order valence-corrected chi connectivity index (χ2v) is 5.01. The number of rotatable bonds is 2. The second-order valence-electron chi connectivity index (χ2n) is 4.15. The number of hydrogen-bond acceptors (Lipinski definition) is 1. The molecule has 2 N–H and O–H groups in total. The van der Waals surface area contributed by atoms with E-state index in [0.29, 0.717) is 0 Å². The molecule has 0 amide bonds. The largest absolute Gasteiger partial charge is 0.320 e. The van der Waals surface area contributed by atoms with Crippen LogP contribution >= 0.6 is 15.9 Å². The molecular formula is C14H12BrF2N. The monoisotopic (exact) mass is 311 g/mol. The van der Waals surface area contributed by atoms with Crippen molar-refractivity contribution < 1.29 is 8.78 Å². The van der Waals surface area contributed by atoms with Gasteiger partial charge in [-0.15, -0.1) is 0 Å². The van der Waals surface area contributed by atoms with Crippen LogP contribution in [0.25, 0.3) is 0 Å². The molecule has 0 aliphatic carbocycles. The van der Waals surface area contributed by atoms with E-state index >= 15 is 0 Å². The highest BCUT2D eigenvalue weighted by molar-refractivity contribution is 9.10. The molecule has 0 radical (unpaired) electrons. The number of aryl methyl sites for hydroxylation is 1. The first-order valence-corrected chi connectivity index (χ1v) is 6.25. The fourth-order valence-electron chi connectivity index (χ4n) is 1.79. The molecule has 0 saturated heterocycles. The van der Waals surface area contributed by atoms with Gasteiger partial charge >= 0.3 is 0 Å². The van der Waals surface area contributed by atoms with E-state index in [1.165, 1.54) is 12.1 Å². The van der Waals surface area contributed by atoms with Gasteiger partial charge in [0.15, 0.2) is 0 Å². The summed E-state index contributed by atoms with van der Waals surface area (Å²) < 4.78 is 27.5. The summed E-state index contributed by atoms with van der Waals surface area (Å²) in [5.74, 6) is -1.22. The molecule has 94 valence electrons. The molecule has 0 saturated carbocycles. The highest BCUT2D eigenvalue weighted by Crippen LogP contribution is 2.26. The van der Waals surface area contributed by atoms with Crippen LogP contribution in [0.5, 0.6) is 0 Å². The maximum Gasteiger partial charge on any atom is 0.131 e. The molecule has 1 atom stereocenters. The fraction of sp³-hybridized carbons (Fsp3) is 0.143. The summed E-state index contributed by atoms with van der Waals surface area (Å²) in [4.78, 5) is 0. The average Bonchev–Trinajstić information content (AvgIpc) is 2.32. The highest BCUT2D eigenvalue weighted by Gasteiger charge is 2.14. The van der Waals surface area contributed by atoms with E-state index in [9.17, 15) is 8.78 Å². The summed E-state index contributed by atoms with van der Waals surface area (Å²) in [6.45, 7) is 1.93. The SMILES string of the molecule is Cc1cc(C(N)c2ccc(F)cc2F)ccc1Br. The fourth-order valence-corrected chi connectivity index (χ4v) is 2.04. The van der Waals surface area contributed by atoms with E-state index in [1.54, 1.807) is 0 Å². The van der Waals surface area contributed by atoms with Gasteiger partial charge in [0.2, 0.25) is 0 Å². The summed E-state index contributed by atoms with van der Waals surface area (Å²) >= 11 is 3.39. The molecule has 0 fully saturated rings. The van der Waals surface area contributed by atoms with Gasteiger partial charge in [-0.05, 0) is 30.2 Å². The third-order valence-corrected chi connectivity index (χ3v) is 3.73. The zero-order chi connectivity index (χ0) is 13.3. The standard InChI is InChI=1S/C14H12BrF2N/c1-8-6-9(2-5-12(8)15)14(18)11-4-3-10(16)7-13(11)17/h2-7,14H,18H2,1H3. The van der Waals surface area contributed by atoms with Gasteiger partial charge in [0.05, 0.1) is 6.04 Å². The molecule has 0 aliphatic heterocycles. The molecule has 1 nitrogen and oxygen atoms in total. The van der Waals surface area contributed by atoms with Gasteiger partial charge in [0.25, 0.3) is 0 Å². The van der Waals surface area contributed by atoms with Crippen LogP contribution in [0.2, 0.25) is 0 Å². The van der Waals surface area contributed by atoms with Crippen molar-refractivity contribution in [3.8, 4) is 0 Å². The van der Waals surface area contributed by atoms with Crippen LogP contribution in [0.3, 0.4) is 0 Å². The minimum Gasteiger partial charge on any atom is -0.320 e. The van der Waals surface area contributed by atoms with E-state index in [1.807, 2.05) is 25.1 Å². The van der Waals surface area contributed by atoms with Gasteiger partial charge in [0, 0.05) is 16.1 Å². The lowest BCUT2D eigenvalue weighted by atomic mass is 9.98. The third-order valence-electron chi connectivity index (χ3n) is 2.84. The molecule has 2 aromatic rings. The van der Waals surface area contributed by atoms with Crippen LogP contribution in [0.4, 0.5) is 8.78 Å². The Bertz CT molecular complexity index is 584. The van der Waals surface area contributed by atoms with Crippen molar-refractivity contribution >= 4 is 15.9 Å².